The topological polar surface area (TPSA) is 52.6 Å². The molecule has 2 aliphatic carbocycles. The van der Waals surface area contributed by atoms with Crippen molar-refractivity contribution < 1.29 is 9.90 Å². The summed E-state index contributed by atoms with van der Waals surface area (Å²) in [5.41, 5.74) is 2.03. The van der Waals surface area contributed by atoms with Crippen LogP contribution in [-0.2, 0) is 16.9 Å². The normalized spacial score (nSPS) is 27.6. The molecular weight excluding hydrogens is 384 g/mol. The molecule has 1 aliphatic heterocycles. The molecule has 164 valence electrons. The van der Waals surface area contributed by atoms with Crippen LogP contribution in [0.25, 0.3) is 0 Å². The van der Waals surface area contributed by atoms with Gasteiger partial charge in [0.1, 0.15) is 0 Å². The number of piperidine rings is 1. The van der Waals surface area contributed by atoms with Crippen LogP contribution in [0.5, 0.6) is 0 Å². The van der Waals surface area contributed by atoms with Crippen LogP contribution in [0.2, 0.25) is 0 Å². The second-order valence-electron chi connectivity index (χ2n) is 10.00. The first-order valence-corrected chi connectivity index (χ1v) is 11.9. The van der Waals surface area contributed by atoms with Crippen LogP contribution in [0.3, 0.4) is 0 Å². The van der Waals surface area contributed by atoms with E-state index in [0.717, 1.165) is 50.9 Å². The van der Waals surface area contributed by atoms with E-state index < -0.39 is 5.60 Å². The standard InChI is InChI=1S/C27H34N2O2/c1-19-8-7-9-20(14-19)16-29-17-24-23(25(24)18-29)15-28-26(30)27(31,22-12-5-6-13-22)21-10-3-2-4-11-21/h2-4,7-11,14,22-25,31H,5-6,12-13,15-18H2,1H3,(H,28,30)/t23?,24-,25?,27-/m1/s1. The summed E-state index contributed by atoms with van der Waals surface area (Å²) in [6.07, 6.45) is 4.02. The van der Waals surface area contributed by atoms with Crippen molar-refractivity contribution in [3.05, 3.63) is 71.3 Å². The van der Waals surface area contributed by atoms with Gasteiger partial charge in [0.25, 0.3) is 5.91 Å². The Labute approximate surface area is 185 Å². The van der Waals surface area contributed by atoms with Gasteiger partial charge in [-0.05, 0) is 48.6 Å². The van der Waals surface area contributed by atoms with Crippen LogP contribution in [0, 0.1) is 30.6 Å². The molecule has 0 radical (unpaired) electrons. The molecule has 4 heteroatoms. The van der Waals surface area contributed by atoms with Gasteiger partial charge in [-0.1, -0.05) is 73.0 Å². The molecule has 4 nitrogen and oxygen atoms in total. The van der Waals surface area contributed by atoms with Crippen molar-refractivity contribution in [3.63, 3.8) is 0 Å². The Morgan fingerprint density at radius 2 is 1.77 bits per heavy atom. The lowest BCUT2D eigenvalue weighted by Crippen LogP contribution is -2.49. The summed E-state index contributed by atoms with van der Waals surface area (Å²) in [7, 11) is 0. The molecule has 3 aliphatic rings. The van der Waals surface area contributed by atoms with E-state index in [9.17, 15) is 9.90 Å². The molecule has 2 unspecified atom stereocenters. The highest BCUT2D eigenvalue weighted by atomic mass is 16.3. The van der Waals surface area contributed by atoms with Gasteiger partial charge in [0, 0.05) is 32.1 Å². The molecule has 1 amide bonds. The minimum absolute atomic E-state index is 0.0124. The number of nitrogens with one attached hydrogen (secondary N) is 1. The minimum Gasteiger partial charge on any atom is -0.375 e. The number of likely N-dealkylation sites (tertiary alicyclic amines) is 1. The highest BCUT2D eigenvalue weighted by Gasteiger charge is 2.55. The van der Waals surface area contributed by atoms with Gasteiger partial charge in [-0.25, -0.2) is 0 Å². The fourth-order valence-corrected chi connectivity index (χ4v) is 6.17. The molecule has 0 spiro atoms. The summed E-state index contributed by atoms with van der Waals surface area (Å²) in [4.78, 5) is 15.8. The molecule has 1 heterocycles. The van der Waals surface area contributed by atoms with Gasteiger partial charge >= 0.3 is 0 Å². The molecule has 0 bridgehead atoms. The fourth-order valence-electron chi connectivity index (χ4n) is 6.17. The van der Waals surface area contributed by atoms with Crippen molar-refractivity contribution in [2.24, 2.45) is 23.7 Å². The van der Waals surface area contributed by atoms with Gasteiger partial charge in [0.15, 0.2) is 5.60 Å². The molecule has 4 atom stereocenters. The van der Waals surface area contributed by atoms with Gasteiger partial charge in [-0.3, -0.25) is 9.69 Å². The average Bonchev–Trinajstić information content (AvgIpc) is 3.17. The van der Waals surface area contributed by atoms with Crippen molar-refractivity contribution in [1.82, 2.24) is 10.2 Å². The lowest BCUT2D eigenvalue weighted by molar-refractivity contribution is -0.147. The molecule has 0 aromatic heterocycles. The third kappa shape index (κ3) is 4.04. The summed E-state index contributed by atoms with van der Waals surface area (Å²) in [5, 5.41) is 14.7. The van der Waals surface area contributed by atoms with Gasteiger partial charge in [0.2, 0.25) is 0 Å². The number of aliphatic hydroxyl groups is 1. The van der Waals surface area contributed by atoms with E-state index >= 15 is 0 Å². The van der Waals surface area contributed by atoms with E-state index in [4.69, 9.17) is 0 Å². The fraction of sp³-hybridized carbons (Fsp3) is 0.519. The first-order valence-electron chi connectivity index (χ1n) is 11.9. The Morgan fingerprint density at radius 1 is 1.06 bits per heavy atom. The van der Waals surface area contributed by atoms with Gasteiger partial charge in [-0.15, -0.1) is 0 Å². The highest BCUT2D eigenvalue weighted by molar-refractivity contribution is 5.86. The first-order chi connectivity index (χ1) is 15.1. The monoisotopic (exact) mass is 418 g/mol. The van der Waals surface area contributed by atoms with Crippen LogP contribution in [0.1, 0.15) is 42.4 Å². The van der Waals surface area contributed by atoms with E-state index in [-0.39, 0.29) is 11.8 Å². The molecule has 5 rings (SSSR count). The predicted molar refractivity (Wildman–Crippen MR) is 122 cm³/mol. The van der Waals surface area contributed by atoms with Crippen molar-refractivity contribution in [1.29, 1.82) is 0 Å². The summed E-state index contributed by atoms with van der Waals surface area (Å²) in [6, 6.07) is 18.3. The molecule has 2 N–H and O–H groups in total. The number of aryl methyl sites for hydroxylation is 1. The van der Waals surface area contributed by atoms with Gasteiger partial charge < -0.3 is 10.4 Å². The zero-order chi connectivity index (χ0) is 21.4. The number of amides is 1. The maximum Gasteiger partial charge on any atom is 0.256 e. The van der Waals surface area contributed by atoms with E-state index in [1.54, 1.807) is 0 Å². The molecule has 2 aromatic carbocycles. The Bertz CT molecular complexity index is 912. The quantitative estimate of drug-likeness (QED) is 0.718. The first kappa shape index (κ1) is 20.7. The van der Waals surface area contributed by atoms with Crippen molar-refractivity contribution >= 4 is 5.91 Å². The highest BCUT2D eigenvalue weighted by Crippen LogP contribution is 2.51. The van der Waals surface area contributed by atoms with Gasteiger partial charge in [-0.2, -0.15) is 0 Å². The Kier molecular flexibility index (Phi) is 5.61. The molecule has 2 aromatic rings. The van der Waals surface area contributed by atoms with Crippen LogP contribution in [-0.4, -0.2) is 35.5 Å². The third-order valence-electron chi connectivity index (χ3n) is 7.94. The van der Waals surface area contributed by atoms with Crippen molar-refractivity contribution in [2.45, 2.75) is 44.8 Å². The largest absolute Gasteiger partial charge is 0.375 e. The van der Waals surface area contributed by atoms with E-state index in [0.29, 0.717) is 24.3 Å². The second-order valence-corrected chi connectivity index (χ2v) is 10.00. The van der Waals surface area contributed by atoms with Crippen LogP contribution in [0.4, 0.5) is 0 Å². The number of carbonyl (C=O) groups is 1. The number of benzene rings is 2. The predicted octanol–water partition coefficient (Wildman–Crippen LogP) is 3.87. The smallest absolute Gasteiger partial charge is 0.256 e. The molecule has 2 saturated carbocycles. The lowest BCUT2D eigenvalue weighted by Gasteiger charge is -2.33. The summed E-state index contributed by atoms with van der Waals surface area (Å²) >= 11 is 0. The molecular formula is C27H34N2O2. The van der Waals surface area contributed by atoms with E-state index in [2.05, 4.69) is 41.4 Å². The Balaban J connectivity index is 1.17. The SMILES string of the molecule is Cc1cccc(CN2CC3C(CNC(=O)[C@@](O)(c4ccccc4)C4CCCC4)[C@H]3C2)c1. The average molecular weight is 419 g/mol. The number of fused-ring (bicyclic) bond motifs is 1. The summed E-state index contributed by atoms with van der Waals surface area (Å²) in [6.45, 7) is 6.08. The number of hydrogen-bond acceptors (Lipinski definition) is 3. The van der Waals surface area contributed by atoms with Crippen LogP contribution in [0.15, 0.2) is 54.6 Å². The van der Waals surface area contributed by atoms with E-state index in [1.165, 1.54) is 11.1 Å². The third-order valence-corrected chi connectivity index (χ3v) is 7.94. The number of hydrogen-bond donors (Lipinski definition) is 2. The van der Waals surface area contributed by atoms with Crippen LogP contribution >= 0.6 is 0 Å². The number of carbonyl (C=O) groups excluding carboxylic acids is 1. The second kappa shape index (κ2) is 8.40. The summed E-state index contributed by atoms with van der Waals surface area (Å²) < 4.78 is 0. The van der Waals surface area contributed by atoms with Crippen molar-refractivity contribution in [2.75, 3.05) is 19.6 Å². The molecule has 31 heavy (non-hydrogen) atoms. The zero-order valence-corrected chi connectivity index (χ0v) is 18.5. The molecule has 1 saturated heterocycles. The maximum atomic E-state index is 13.3. The summed E-state index contributed by atoms with van der Waals surface area (Å²) in [5.74, 6) is 1.73. The molecule has 3 fully saturated rings. The maximum absolute atomic E-state index is 13.3. The number of rotatable bonds is 7. The van der Waals surface area contributed by atoms with Crippen LogP contribution < -0.4 is 5.32 Å². The Morgan fingerprint density at radius 3 is 2.45 bits per heavy atom. The lowest BCUT2D eigenvalue weighted by atomic mass is 9.79. The van der Waals surface area contributed by atoms with Gasteiger partial charge in [0.05, 0.1) is 0 Å². The minimum atomic E-state index is -1.40. The zero-order valence-electron chi connectivity index (χ0n) is 18.5. The van der Waals surface area contributed by atoms with E-state index in [1.807, 2.05) is 30.3 Å². The van der Waals surface area contributed by atoms with Crippen molar-refractivity contribution in [3.8, 4) is 0 Å². The Hall–Kier alpha value is -2.17. The number of nitrogens with zero attached hydrogens (tertiary/aromatic N) is 1.